The fraction of sp³-hybridized carbons (Fsp3) is 0.250. The number of imidazole rings is 1. The van der Waals surface area contributed by atoms with Gasteiger partial charge in [0.2, 0.25) is 5.91 Å². The van der Waals surface area contributed by atoms with E-state index in [1.165, 1.54) is 19.4 Å². The van der Waals surface area contributed by atoms with Crippen LogP contribution in [-0.4, -0.2) is 40.5 Å². The molecule has 0 fully saturated rings. The topological polar surface area (TPSA) is 107 Å². The number of rotatable bonds is 5. The molecule has 1 atom stereocenters. The second-order valence-corrected chi connectivity index (χ2v) is 8.01. The van der Waals surface area contributed by atoms with Crippen LogP contribution < -0.4 is 15.9 Å². The molecule has 1 aliphatic heterocycles. The van der Waals surface area contributed by atoms with Crippen LogP contribution in [0, 0.1) is 6.92 Å². The molecule has 0 saturated carbocycles. The number of ether oxygens (including phenoxy) is 1. The number of halogens is 3. The Morgan fingerprint density at radius 1 is 1.29 bits per heavy atom. The van der Waals surface area contributed by atoms with Gasteiger partial charge in [-0.1, -0.05) is 12.1 Å². The van der Waals surface area contributed by atoms with E-state index in [-0.39, 0.29) is 5.69 Å². The molecule has 0 bridgehead atoms. The fourth-order valence-corrected chi connectivity index (χ4v) is 3.81. The van der Waals surface area contributed by atoms with Gasteiger partial charge in [0.1, 0.15) is 17.5 Å². The molecule has 8 nitrogen and oxygen atoms in total. The van der Waals surface area contributed by atoms with Crippen molar-refractivity contribution >= 4 is 23.5 Å². The predicted octanol–water partition coefficient (Wildman–Crippen LogP) is 3.90. The number of benzene rings is 2. The molecule has 3 aromatic rings. The third-order valence-electron chi connectivity index (χ3n) is 5.67. The zero-order valence-corrected chi connectivity index (χ0v) is 19.0. The number of carbonyl (C=O) groups is 1. The normalized spacial score (nSPS) is 16.7. The molecule has 2 aromatic carbocycles. The second kappa shape index (κ2) is 9.61. The van der Waals surface area contributed by atoms with Crippen molar-refractivity contribution in [3.05, 3.63) is 71.3 Å². The van der Waals surface area contributed by atoms with Gasteiger partial charge >= 0.3 is 6.18 Å². The number of aryl methyl sites for hydroxylation is 2. The van der Waals surface area contributed by atoms with E-state index in [1.54, 1.807) is 18.5 Å². The molecule has 11 heteroatoms. The lowest BCUT2D eigenvalue weighted by Crippen LogP contribution is -2.25. The van der Waals surface area contributed by atoms with Crippen LogP contribution in [0.25, 0.3) is 5.69 Å². The van der Waals surface area contributed by atoms with Crippen LogP contribution >= 0.6 is 0 Å². The number of fused-ring (bicyclic) bond motifs is 1. The smallest absolute Gasteiger partial charge is 0.416 e. The standard InChI is InChI=1S/C24H23F3N6O2/c1-14-12-33(13-30-14)21-8-5-16(9-22(21)35-2)20(32-28)11-29-18-7-4-15-3-6-17(24(25,26)27)10-19(15)31-23(18)34/h3,5-6,8-13,18H,4,7,28H2,1-2H3,(H,31,34)/b29-11?,32-20+. The number of aliphatic imine (C=N–C) groups is 1. The monoisotopic (exact) mass is 484 g/mol. The van der Waals surface area contributed by atoms with Crippen LogP contribution in [0.4, 0.5) is 18.9 Å². The van der Waals surface area contributed by atoms with Crippen LogP contribution in [0.5, 0.6) is 5.75 Å². The maximum absolute atomic E-state index is 13.0. The summed E-state index contributed by atoms with van der Waals surface area (Å²) in [5.74, 6) is 5.64. The van der Waals surface area contributed by atoms with Crippen molar-refractivity contribution in [3.8, 4) is 11.4 Å². The van der Waals surface area contributed by atoms with Crippen LogP contribution in [-0.2, 0) is 17.4 Å². The van der Waals surface area contributed by atoms with Gasteiger partial charge < -0.3 is 20.5 Å². The molecule has 0 aliphatic carbocycles. The van der Waals surface area contributed by atoms with E-state index >= 15 is 0 Å². The van der Waals surface area contributed by atoms with Crippen molar-refractivity contribution in [3.63, 3.8) is 0 Å². The van der Waals surface area contributed by atoms with Crippen molar-refractivity contribution in [1.29, 1.82) is 0 Å². The van der Waals surface area contributed by atoms with Gasteiger partial charge in [-0.25, -0.2) is 4.98 Å². The third kappa shape index (κ3) is 5.18. The number of methoxy groups -OCH3 is 1. The first kappa shape index (κ1) is 24.0. The third-order valence-corrected chi connectivity index (χ3v) is 5.67. The Kier molecular flexibility index (Phi) is 6.59. The molecule has 1 unspecified atom stereocenters. The SMILES string of the molecule is COc1cc(/C(C=NC2CCc3ccc(C(F)(F)F)cc3NC2=O)=N/N)ccc1-n1cnc(C)c1. The average Bonchev–Trinajstić information content (AvgIpc) is 3.19. The highest BCUT2D eigenvalue weighted by molar-refractivity contribution is 6.38. The van der Waals surface area contributed by atoms with Gasteiger partial charge in [0.05, 0.1) is 36.6 Å². The van der Waals surface area contributed by atoms with Gasteiger partial charge in [-0.3, -0.25) is 9.79 Å². The number of nitrogens with one attached hydrogen (secondary N) is 1. The molecule has 1 aromatic heterocycles. The lowest BCUT2D eigenvalue weighted by atomic mass is 10.0. The molecule has 0 spiro atoms. The number of hydrogen-bond acceptors (Lipinski definition) is 6. The van der Waals surface area contributed by atoms with E-state index < -0.39 is 23.7 Å². The van der Waals surface area contributed by atoms with E-state index in [0.717, 1.165) is 23.5 Å². The Morgan fingerprint density at radius 3 is 2.74 bits per heavy atom. The average molecular weight is 484 g/mol. The van der Waals surface area contributed by atoms with Crippen LogP contribution in [0.3, 0.4) is 0 Å². The number of anilines is 1. The Labute approximate surface area is 199 Å². The molecular formula is C24H23F3N6O2. The first-order valence-corrected chi connectivity index (χ1v) is 10.7. The quantitative estimate of drug-likeness (QED) is 0.325. The number of alkyl halides is 3. The minimum atomic E-state index is -4.50. The van der Waals surface area contributed by atoms with Gasteiger partial charge in [-0.15, -0.1) is 0 Å². The molecule has 35 heavy (non-hydrogen) atoms. The zero-order valence-electron chi connectivity index (χ0n) is 19.0. The number of nitrogens with two attached hydrogens (primary N) is 1. The maximum atomic E-state index is 13.0. The molecule has 1 amide bonds. The number of aromatic nitrogens is 2. The van der Waals surface area contributed by atoms with Crippen LogP contribution in [0.15, 0.2) is 59.0 Å². The first-order chi connectivity index (χ1) is 16.7. The molecule has 0 radical (unpaired) electrons. The maximum Gasteiger partial charge on any atom is 0.416 e. The first-order valence-electron chi connectivity index (χ1n) is 10.7. The van der Waals surface area contributed by atoms with E-state index in [1.807, 2.05) is 23.8 Å². The molecule has 4 rings (SSSR count). The van der Waals surface area contributed by atoms with Gasteiger partial charge in [-0.2, -0.15) is 18.3 Å². The van der Waals surface area contributed by atoms with Crippen molar-refractivity contribution < 1.29 is 22.7 Å². The summed E-state index contributed by atoms with van der Waals surface area (Å²) in [5, 5.41) is 6.35. The van der Waals surface area contributed by atoms with Crippen LogP contribution in [0.2, 0.25) is 0 Å². The predicted molar refractivity (Wildman–Crippen MR) is 126 cm³/mol. The molecule has 1 aliphatic rings. The lowest BCUT2D eigenvalue weighted by Gasteiger charge is -2.12. The van der Waals surface area contributed by atoms with E-state index in [4.69, 9.17) is 10.6 Å². The van der Waals surface area contributed by atoms with Crippen molar-refractivity contribution in [1.82, 2.24) is 9.55 Å². The summed E-state index contributed by atoms with van der Waals surface area (Å²) in [5.41, 5.74) is 2.48. The highest BCUT2D eigenvalue weighted by atomic mass is 19.4. The second-order valence-electron chi connectivity index (χ2n) is 8.01. The molecule has 2 heterocycles. The van der Waals surface area contributed by atoms with E-state index in [2.05, 4.69) is 20.4 Å². The molecule has 3 N–H and O–H groups in total. The largest absolute Gasteiger partial charge is 0.495 e. The minimum absolute atomic E-state index is 0.144. The van der Waals surface area contributed by atoms with Gasteiger partial charge in [-0.05, 0) is 49.6 Å². The minimum Gasteiger partial charge on any atom is -0.495 e. The summed E-state index contributed by atoms with van der Waals surface area (Å²) in [6.45, 7) is 1.88. The Morgan fingerprint density at radius 2 is 2.09 bits per heavy atom. The molecule has 182 valence electrons. The van der Waals surface area contributed by atoms with Crippen molar-refractivity contribution in [2.24, 2.45) is 15.9 Å². The Bertz CT molecular complexity index is 1310. The number of nitrogens with zero attached hydrogens (tertiary/aromatic N) is 4. The van der Waals surface area contributed by atoms with Gasteiger partial charge in [0, 0.05) is 17.4 Å². The summed E-state index contributed by atoms with van der Waals surface area (Å²) in [6, 6.07) is 7.87. The van der Waals surface area contributed by atoms with Gasteiger partial charge in [0.25, 0.3) is 0 Å². The number of carbonyl (C=O) groups excluding carboxylic acids is 1. The molecular weight excluding hydrogens is 461 g/mol. The highest BCUT2D eigenvalue weighted by Gasteiger charge is 2.32. The van der Waals surface area contributed by atoms with Crippen molar-refractivity contribution in [2.75, 3.05) is 12.4 Å². The summed E-state index contributed by atoms with van der Waals surface area (Å²) in [4.78, 5) is 21.2. The summed E-state index contributed by atoms with van der Waals surface area (Å²) in [6.07, 6.45) is 1.13. The summed E-state index contributed by atoms with van der Waals surface area (Å²) >= 11 is 0. The Balaban J connectivity index is 1.54. The summed E-state index contributed by atoms with van der Waals surface area (Å²) < 4.78 is 46.5. The molecule has 0 saturated heterocycles. The zero-order chi connectivity index (χ0) is 25.2. The number of amides is 1. The highest BCUT2D eigenvalue weighted by Crippen LogP contribution is 2.34. The van der Waals surface area contributed by atoms with Crippen LogP contribution in [0.1, 0.15) is 28.8 Å². The van der Waals surface area contributed by atoms with Crippen molar-refractivity contribution in [2.45, 2.75) is 32.0 Å². The van der Waals surface area contributed by atoms with Gasteiger partial charge in [0.15, 0.2) is 0 Å². The number of hydrazone groups is 1. The fourth-order valence-electron chi connectivity index (χ4n) is 3.81. The van der Waals surface area contributed by atoms with E-state index in [9.17, 15) is 18.0 Å². The van der Waals surface area contributed by atoms with E-state index in [0.29, 0.717) is 35.4 Å². The summed E-state index contributed by atoms with van der Waals surface area (Å²) in [7, 11) is 1.54. The number of hydrogen-bond donors (Lipinski definition) is 2. The Hall–Kier alpha value is -4.15. The lowest BCUT2D eigenvalue weighted by molar-refractivity contribution is -0.137.